The van der Waals surface area contributed by atoms with Crippen LogP contribution in [0.25, 0.3) is 0 Å². The molecule has 2 rings (SSSR count). The highest BCUT2D eigenvalue weighted by molar-refractivity contribution is 5.99. The van der Waals surface area contributed by atoms with E-state index in [9.17, 15) is 4.79 Å². The average molecular weight is 219 g/mol. The number of anilines is 1. The van der Waals surface area contributed by atoms with Crippen LogP contribution in [0.3, 0.4) is 0 Å². The van der Waals surface area contributed by atoms with Gasteiger partial charge in [0.15, 0.2) is 0 Å². The van der Waals surface area contributed by atoms with Gasteiger partial charge < -0.3 is 16.8 Å². The molecule has 16 heavy (non-hydrogen) atoms. The quantitative estimate of drug-likeness (QED) is 0.702. The van der Waals surface area contributed by atoms with Crippen molar-refractivity contribution in [2.75, 3.05) is 11.9 Å². The molecule has 4 nitrogen and oxygen atoms in total. The number of nitrogens with one attached hydrogen (secondary N) is 1. The van der Waals surface area contributed by atoms with Crippen LogP contribution in [0.4, 0.5) is 5.69 Å². The molecule has 5 N–H and O–H groups in total. The van der Waals surface area contributed by atoms with Crippen molar-refractivity contribution in [3.63, 3.8) is 0 Å². The molecule has 86 valence electrons. The molecule has 0 aromatic heterocycles. The summed E-state index contributed by atoms with van der Waals surface area (Å²) in [5.41, 5.74) is 14.7. The van der Waals surface area contributed by atoms with Crippen molar-refractivity contribution in [1.82, 2.24) is 0 Å². The first-order chi connectivity index (χ1) is 7.61. The molecule has 0 saturated carbocycles. The summed E-state index contributed by atoms with van der Waals surface area (Å²) in [6, 6.07) is 5.82. The highest BCUT2D eigenvalue weighted by Crippen LogP contribution is 2.27. The van der Waals surface area contributed by atoms with Gasteiger partial charge in [0, 0.05) is 11.7 Å². The number of hydrogen-bond acceptors (Lipinski definition) is 3. The Labute approximate surface area is 95.0 Å². The van der Waals surface area contributed by atoms with E-state index in [-0.39, 0.29) is 17.9 Å². The number of nitrogens with two attached hydrogens (primary N) is 2. The van der Waals surface area contributed by atoms with E-state index >= 15 is 0 Å². The Kier molecular flexibility index (Phi) is 2.94. The molecule has 0 bridgehead atoms. The zero-order valence-corrected chi connectivity index (χ0v) is 9.36. The van der Waals surface area contributed by atoms with Crippen LogP contribution < -0.4 is 16.8 Å². The molecule has 2 atom stereocenters. The number of carbonyl (C=O) groups excluding carboxylic acids is 1. The molecule has 2 unspecified atom stereocenters. The lowest BCUT2D eigenvalue weighted by atomic mass is 9.94. The summed E-state index contributed by atoms with van der Waals surface area (Å²) in [7, 11) is 0. The van der Waals surface area contributed by atoms with Crippen LogP contribution in [0.1, 0.15) is 24.1 Å². The Morgan fingerprint density at radius 3 is 2.94 bits per heavy atom. The lowest BCUT2D eigenvalue weighted by molar-refractivity contribution is -0.115. The van der Waals surface area contributed by atoms with Gasteiger partial charge in [-0.1, -0.05) is 19.1 Å². The van der Waals surface area contributed by atoms with Crippen molar-refractivity contribution < 1.29 is 4.79 Å². The Morgan fingerprint density at radius 1 is 1.50 bits per heavy atom. The Hall–Kier alpha value is -1.39. The molecule has 0 saturated heterocycles. The summed E-state index contributed by atoms with van der Waals surface area (Å²) >= 11 is 0. The molecule has 0 fully saturated rings. The lowest BCUT2D eigenvalue weighted by Gasteiger charge is -2.19. The fourth-order valence-electron chi connectivity index (χ4n) is 1.93. The van der Waals surface area contributed by atoms with Gasteiger partial charge in [-0.3, -0.25) is 4.79 Å². The zero-order valence-electron chi connectivity index (χ0n) is 9.36. The van der Waals surface area contributed by atoms with Crippen LogP contribution in [-0.2, 0) is 11.2 Å². The summed E-state index contributed by atoms with van der Waals surface area (Å²) in [4.78, 5) is 11.2. The van der Waals surface area contributed by atoms with Gasteiger partial charge in [0.1, 0.15) is 0 Å². The predicted molar refractivity (Wildman–Crippen MR) is 63.9 cm³/mol. The molecule has 1 aromatic rings. The first-order valence-electron chi connectivity index (χ1n) is 5.50. The number of carbonyl (C=O) groups is 1. The smallest absolute Gasteiger partial charge is 0.228 e. The highest BCUT2D eigenvalue weighted by Gasteiger charge is 2.20. The monoisotopic (exact) mass is 219 g/mol. The van der Waals surface area contributed by atoms with Crippen molar-refractivity contribution in [1.29, 1.82) is 0 Å². The molecule has 1 aromatic carbocycles. The standard InChI is InChI=1S/C12H17N3O/c1-7(6-13)12(14)8-2-3-10-9(4-8)5-11(16)15-10/h2-4,7,12H,5-6,13-14H2,1H3,(H,15,16). The van der Waals surface area contributed by atoms with E-state index in [1.54, 1.807) is 0 Å². The molecule has 0 aliphatic carbocycles. The van der Waals surface area contributed by atoms with Crippen molar-refractivity contribution in [3.8, 4) is 0 Å². The molecule has 1 aliphatic heterocycles. The maximum atomic E-state index is 11.2. The molecular weight excluding hydrogens is 202 g/mol. The molecule has 4 heteroatoms. The number of rotatable bonds is 3. The van der Waals surface area contributed by atoms with E-state index in [1.807, 2.05) is 25.1 Å². The van der Waals surface area contributed by atoms with E-state index in [0.717, 1.165) is 16.8 Å². The third kappa shape index (κ3) is 1.94. The second-order valence-electron chi connectivity index (χ2n) is 4.38. The second-order valence-corrected chi connectivity index (χ2v) is 4.38. The van der Waals surface area contributed by atoms with E-state index in [0.29, 0.717) is 13.0 Å². The van der Waals surface area contributed by atoms with Gasteiger partial charge in [0.2, 0.25) is 5.91 Å². The number of fused-ring (bicyclic) bond motifs is 1. The summed E-state index contributed by atoms with van der Waals surface area (Å²) < 4.78 is 0. The van der Waals surface area contributed by atoms with E-state index in [1.165, 1.54) is 0 Å². The van der Waals surface area contributed by atoms with Crippen LogP contribution >= 0.6 is 0 Å². The third-order valence-corrected chi connectivity index (χ3v) is 3.12. The molecule has 0 spiro atoms. The first kappa shape index (κ1) is 11.1. The Bertz CT molecular complexity index is 417. The maximum Gasteiger partial charge on any atom is 0.228 e. The molecule has 1 aliphatic rings. The highest BCUT2D eigenvalue weighted by atomic mass is 16.1. The van der Waals surface area contributed by atoms with Gasteiger partial charge >= 0.3 is 0 Å². The summed E-state index contributed by atoms with van der Waals surface area (Å²) in [6.45, 7) is 2.59. The van der Waals surface area contributed by atoms with Crippen molar-refractivity contribution >= 4 is 11.6 Å². The van der Waals surface area contributed by atoms with Gasteiger partial charge in [0.05, 0.1) is 6.42 Å². The van der Waals surface area contributed by atoms with Gasteiger partial charge in [-0.25, -0.2) is 0 Å². The Morgan fingerprint density at radius 2 is 2.25 bits per heavy atom. The molecular formula is C12H17N3O. The van der Waals surface area contributed by atoms with Crippen molar-refractivity contribution in [2.24, 2.45) is 17.4 Å². The molecule has 0 radical (unpaired) electrons. The minimum Gasteiger partial charge on any atom is -0.330 e. The van der Waals surface area contributed by atoms with Crippen LogP contribution in [-0.4, -0.2) is 12.5 Å². The largest absolute Gasteiger partial charge is 0.330 e. The SMILES string of the molecule is CC(CN)C(N)c1ccc2c(c1)CC(=O)N2. The third-order valence-electron chi connectivity index (χ3n) is 3.12. The number of hydrogen-bond donors (Lipinski definition) is 3. The minimum atomic E-state index is -0.0639. The predicted octanol–water partition coefficient (Wildman–Crippen LogP) is 0.776. The lowest BCUT2D eigenvalue weighted by Crippen LogP contribution is -2.25. The van der Waals surface area contributed by atoms with E-state index in [2.05, 4.69) is 5.32 Å². The fourth-order valence-corrected chi connectivity index (χ4v) is 1.93. The molecule has 1 amide bonds. The topological polar surface area (TPSA) is 81.1 Å². The fraction of sp³-hybridized carbons (Fsp3) is 0.417. The molecule has 1 heterocycles. The zero-order chi connectivity index (χ0) is 11.7. The minimum absolute atomic E-state index is 0.0487. The van der Waals surface area contributed by atoms with Crippen LogP contribution in [0, 0.1) is 5.92 Å². The average Bonchev–Trinajstić information content (AvgIpc) is 2.65. The second kappa shape index (κ2) is 4.23. The van der Waals surface area contributed by atoms with Crippen LogP contribution in [0.5, 0.6) is 0 Å². The summed E-state index contributed by atoms with van der Waals surface area (Å²) in [5.74, 6) is 0.288. The van der Waals surface area contributed by atoms with E-state index in [4.69, 9.17) is 11.5 Å². The van der Waals surface area contributed by atoms with Crippen LogP contribution in [0.2, 0.25) is 0 Å². The number of benzene rings is 1. The Balaban J connectivity index is 2.25. The van der Waals surface area contributed by atoms with Gasteiger partial charge in [0.25, 0.3) is 0 Å². The summed E-state index contributed by atoms with van der Waals surface area (Å²) in [5, 5.41) is 2.80. The maximum absolute atomic E-state index is 11.2. The van der Waals surface area contributed by atoms with Crippen LogP contribution in [0.15, 0.2) is 18.2 Å². The number of amides is 1. The van der Waals surface area contributed by atoms with Gasteiger partial charge in [-0.2, -0.15) is 0 Å². The summed E-state index contributed by atoms with van der Waals surface area (Å²) in [6.07, 6.45) is 0.451. The van der Waals surface area contributed by atoms with E-state index < -0.39 is 0 Å². The van der Waals surface area contributed by atoms with Gasteiger partial charge in [-0.15, -0.1) is 0 Å². The van der Waals surface area contributed by atoms with Crippen molar-refractivity contribution in [3.05, 3.63) is 29.3 Å². The first-order valence-corrected chi connectivity index (χ1v) is 5.50. The normalized spacial score (nSPS) is 17.8. The van der Waals surface area contributed by atoms with Gasteiger partial charge in [-0.05, 0) is 29.7 Å². The van der Waals surface area contributed by atoms with Crippen molar-refractivity contribution in [2.45, 2.75) is 19.4 Å².